The van der Waals surface area contributed by atoms with Gasteiger partial charge in [0.1, 0.15) is 0 Å². The average Bonchev–Trinajstić information content (AvgIpc) is 2.13. The lowest BCUT2D eigenvalue weighted by Crippen LogP contribution is -2.05. The maximum Gasteiger partial charge on any atom is 0.375 e. The first-order valence-electron chi connectivity index (χ1n) is 2.17. The quantitative estimate of drug-likeness (QED) is 0.514. The molecule has 0 amide bonds. The largest absolute Gasteiger partial charge is 0.475 e. The number of hydrogen-bond acceptors (Lipinski definition) is 3. The number of rotatable bonds is 1. The van der Waals surface area contributed by atoms with Crippen molar-refractivity contribution < 1.29 is 15.1 Å². The van der Waals surface area contributed by atoms with Crippen molar-refractivity contribution >= 4 is 5.97 Å². The number of carboxylic acids is 1. The maximum atomic E-state index is 10.0. The van der Waals surface area contributed by atoms with E-state index < -0.39 is 5.97 Å². The number of imidazole rings is 1. The van der Waals surface area contributed by atoms with Crippen LogP contribution in [0.4, 0.5) is 0 Å². The predicted molar refractivity (Wildman–Crippen MR) is 26.4 cm³/mol. The van der Waals surface area contributed by atoms with Crippen molar-refractivity contribution in [1.29, 1.82) is 0 Å². The molecule has 0 saturated carbocycles. The summed E-state index contributed by atoms with van der Waals surface area (Å²) in [6, 6.07) is 0. The van der Waals surface area contributed by atoms with Gasteiger partial charge in [-0.1, -0.05) is 0 Å². The van der Waals surface area contributed by atoms with Crippen LogP contribution in [0.2, 0.25) is 0 Å². The molecule has 0 spiro atoms. The Bertz CT molecular complexity index is 229. The van der Waals surface area contributed by atoms with E-state index in [4.69, 9.17) is 10.3 Å². The van der Waals surface area contributed by atoms with Gasteiger partial charge >= 0.3 is 5.97 Å². The zero-order chi connectivity index (χ0) is 6.85. The first-order chi connectivity index (χ1) is 4.22. The molecule has 5 nitrogen and oxygen atoms in total. The molecular formula is C4H4N2O3. The second-order valence-corrected chi connectivity index (χ2v) is 1.40. The molecule has 0 bridgehead atoms. The van der Waals surface area contributed by atoms with Crippen LogP contribution in [0.15, 0.2) is 12.4 Å². The Hall–Kier alpha value is -1.52. The van der Waals surface area contributed by atoms with Crippen molar-refractivity contribution in [1.82, 2.24) is 9.71 Å². The molecule has 1 rings (SSSR count). The number of aromatic carboxylic acids is 1. The van der Waals surface area contributed by atoms with Gasteiger partial charge in [-0.15, -0.1) is 0 Å². The molecule has 0 aliphatic heterocycles. The van der Waals surface area contributed by atoms with E-state index in [1.54, 1.807) is 0 Å². The lowest BCUT2D eigenvalue weighted by atomic mass is 10.6. The van der Waals surface area contributed by atoms with Crippen LogP contribution in [0.1, 0.15) is 10.6 Å². The molecule has 5 heteroatoms. The summed E-state index contributed by atoms with van der Waals surface area (Å²) in [5.74, 6) is -1.63. The summed E-state index contributed by atoms with van der Waals surface area (Å²) >= 11 is 0. The summed E-state index contributed by atoms with van der Waals surface area (Å²) in [5, 5.41) is 16.8. The molecule has 1 aromatic heterocycles. The Morgan fingerprint density at radius 3 is 2.67 bits per heavy atom. The summed E-state index contributed by atoms with van der Waals surface area (Å²) in [4.78, 5) is 13.4. The minimum Gasteiger partial charge on any atom is -0.475 e. The van der Waals surface area contributed by atoms with Crippen LogP contribution in [0, 0.1) is 0 Å². The third kappa shape index (κ3) is 0.835. The number of aromatic nitrogens is 2. The summed E-state index contributed by atoms with van der Waals surface area (Å²) in [7, 11) is 0. The average molecular weight is 128 g/mol. The van der Waals surface area contributed by atoms with Crippen molar-refractivity contribution in [2.24, 2.45) is 0 Å². The molecule has 0 unspecified atom stereocenters. The molecule has 1 heterocycles. The van der Waals surface area contributed by atoms with E-state index in [9.17, 15) is 4.79 Å². The topological polar surface area (TPSA) is 75.3 Å². The molecule has 0 fully saturated rings. The van der Waals surface area contributed by atoms with Gasteiger partial charge in [0, 0.05) is 6.20 Å². The van der Waals surface area contributed by atoms with Crippen LogP contribution in [0.5, 0.6) is 0 Å². The molecule has 9 heavy (non-hydrogen) atoms. The van der Waals surface area contributed by atoms with E-state index in [0.29, 0.717) is 4.73 Å². The van der Waals surface area contributed by atoms with E-state index in [1.165, 1.54) is 6.20 Å². The van der Waals surface area contributed by atoms with E-state index in [-0.39, 0.29) is 5.82 Å². The summed E-state index contributed by atoms with van der Waals surface area (Å²) < 4.78 is 0.447. The molecule has 0 saturated heterocycles. The molecule has 2 N–H and O–H groups in total. The summed E-state index contributed by atoms with van der Waals surface area (Å²) in [6.45, 7) is 0. The van der Waals surface area contributed by atoms with Crippen LogP contribution < -0.4 is 0 Å². The lowest BCUT2D eigenvalue weighted by Gasteiger charge is -1.89. The van der Waals surface area contributed by atoms with Crippen molar-refractivity contribution in [2.75, 3.05) is 0 Å². The van der Waals surface area contributed by atoms with Gasteiger partial charge < -0.3 is 10.3 Å². The van der Waals surface area contributed by atoms with Crippen LogP contribution in [-0.4, -0.2) is 26.0 Å². The number of carbonyl (C=O) groups is 1. The third-order valence-corrected chi connectivity index (χ3v) is 0.813. The van der Waals surface area contributed by atoms with Gasteiger partial charge in [-0.05, 0) is 0 Å². The summed E-state index contributed by atoms with van der Waals surface area (Å²) in [6.07, 6.45) is 2.34. The van der Waals surface area contributed by atoms with Gasteiger partial charge in [-0.25, -0.2) is 9.78 Å². The Morgan fingerprint density at radius 1 is 1.78 bits per heavy atom. The lowest BCUT2D eigenvalue weighted by molar-refractivity contribution is 0.0634. The monoisotopic (exact) mass is 128 g/mol. The zero-order valence-corrected chi connectivity index (χ0v) is 4.35. The Kier molecular flexibility index (Phi) is 1.11. The van der Waals surface area contributed by atoms with Crippen molar-refractivity contribution in [3.05, 3.63) is 18.2 Å². The molecule has 0 radical (unpaired) electrons. The maximum absolute atomic E-state index is 10.0. The van der Waals surface area contributed by atoms with Gasteiger partial charge in [0.25, 0.3) is 5.82 Å². The van der Waals surface area contributed by atoms with Gasteiger partial charge in [-0.3, -0.25) is 0 Å². The first kappa shape index (κ1) is 5.61. The van der Waals surface area contributed by atoms with E-state index >= 15 is 0 Å². The first-order valence-corrected chi connectivity index (χ1v) is 2.17. The summed E-state index contributed by atoms with van der Waals surface area (Å²) in [5.41, 5.74) is 0. The Morgan fingerprint density at radius 2 is 2.44 bits per heavy atom. The van der Waals surface area contributed by atoms with Gasteiger partial charge in [0.15, 0.2) is 0 Å². The SMILES string of the molecule is O=C(O)c1nccn1O. The van der Waals surface area contributed by atoms with E-state index in [0.717, 1.165) is 6.20 Å². The van der Waals surface area contributed by atoms with Gasteiger partial charge in [-0.2, -0.15) is 4.73 Å². The highest BCUT2D eigenvalue weighted by Gasteiger charge is 2.08. The van der Waals surface area contributed by atoms with Crippen LogP contribution in [0.3, 0.4) is 0 Å². The molecule has 0 aromatic carbocycles. The normalized spacial score (nSPS) is 9.33. The van der Waals surface area contributed by atoms with Crippen LogP contribution in [0.25, 0.3) is 0 Å². The Labute approximate surface area is 50.1 Å². The fraction of sp³-hybridized carbons (Fsp3) is 0. The fourth-order valence-electron chi connectivity index (χ4n) is 0.450. The zero-order valence-electron chi connectivity index (χ0n) is 4.35. The minimum atomic E-state index is -1.25. The van der Waals surface area contributed by atoms with E-state index in [2.05, 4.69) is 4.98 Å². The number of carboxylic acid groups (broad SMARTS) is 1. The van der Waals surface area contributed by atoms with Crippen molar-refractivity contribution in [3.63, 3.8) is 0 Å². The molecule has 0 aliphatic rings. The molecule has 0 atom stereocenters. The second-order valence-electron chi connectivity index (χ2n) is 1.40. The van der Waals surface area contributed by atoms with Crippen LogP contribution >= 0.6 is 0 Å². The minimum absolute atomic E-state index is 0.380. The van der Waals surface area contributed by atoms with Crippen molar-refractivity contribution in [2.45, 2.75) is 0 Å². The highest BCUT2D eigenvalue weighted by molar-refractivity contribution is 5.83. The molecule has 0 aliphatic carbocycles. The van der Waals surface area contributed by atoms with E-state index in [1.807, 2.05) is 0 Å². The molecule has 48 valence electrons. The molecule has 1 aromatic rings. The smallest absolute Gasteiger partial charge is 0.375 e. The second kappa shape index (κ2) is 1.77. The van der Waals surface area contributed by atoms with Gasteiger partial charge in [0.2, 0.25) is 0 Å². The Balaban J connectivity index is 3.08. The fourth-order valence-corrected chi connectivity index (χ4v) is 0.450. The third-order valence-electron chi connectivity index (χ3n) is 0.813. The number of hydrogen-bond donors (Lipinski definition) is 2. The highest BCUT2D eigenvalue weighted by atomic mass is 16.5. The molecular weight excluding hydrogens is 124 g/mol. The van der Waals surface area contributed by atoms with Crippen LogP contribution in [-0.2, 0) is 0 Å². The van der Waals surface area contributed by atoms with Gasteiger partial charge in [0.05, 0.1) is 6.20 Å². The van der Waals surface area contributed by atoms with Crippen molar-refractivity contribution in [3.8, 4) is 0 Å². The predicted octanol–water partition coefficient (Wildman–Crippen LogP) is -0.181. The highest BCUT2D eigenvalue weighted by Crippen LogP contribution is 1.90. The standard InChI is InChI=1S/C4H4N2O3/c7-4(8)3-5-1-2-6(3)9/h1-2,9H,(H,7,8). The number of nitrogens with zero attached hydrogens (tertiary/aromatic N) is 2.